The topological polar surface area (TPSA) is 37.8 Å². The number of nitrogens with zero attached hydrogens (tertiary/aromatic N) is 1. The third-order valence-electron chi connectivity index (χ3n) is 3.48. The Bertz CT molecular complexity index is 590. The maximum absolute atomic E-state index is 12.3. The molecule has 0 saturated heterocycles. The molecule has 0 aliphatic carbocycles. The quantitative estimate of drug-likeness (QED) is 0.875. The average molecular weight is 258 g/mol. The van der Waals surface area contributed by atoms with Crippen LogP contribution in [0.5, 0.6) is 0 Å². The Morgan fingerprint density at radius 1 is 1.16 bits per heavy atom. The van der Waals surface area contributed by atoms with Crippen LogP contribution in [-0.2, 0) is 13.0 Å². The zero-order chi connectivity index (χ0) is 13.8. The number of aromatic nitrogens is 2. The van der Waals surface area contributed by atoms with Crippen LogP contribution in [0.1, 0.15) is 37.8 Å². The van der Waals surface area contributed by atoms with Gasteiger partial charge >= 0.3 is 0 Å². The lowest BCUT2D eigenvalue weighted by Gasteiger charge is -2.02. The number of benzene rings is 1. The van der Waals surface area contributed by atoms with Crippen LogP contribution in [-0.4, -0.2) is 9.78 Å². The molecule has 0 aliphatic heterocycles. The van der Waals surface area contributed by atoms with Crippen LogP contribution >= 0.6 is 0 Å². The van der Waals surface area contributed by atoms with E-state index in [9.17, 15) is 4.79 Å². The molecule has 2 rings (SSSR count). The first kappa shape index (κ1) is 13.7. The molecule has 0 bridgehead atoms. The van der Waals surface area contributed by atoms with E-state index in [0.717, 1.165) is 42.6 Å². The van der Waals surface area contributed by atoms with Crippen LogP contribution in [0.3, 0.4) is 0 Å². The third-order valence-corrected chi connectivity index (χ3v) is 3.48. The zero-order valence-corrected chi connectivity index (χ0v) is 12.0. The van der Waals surface area contributed by atoms with Crippen molar-refractivity contribution in [2.24, 2.45) is 0 Å². The molecule has 19 heavy (non-hydrogen) atoms. The molecule has 0 unspecified atom stereocenters. The Hall–Kier alpha value is -1.77. The predicted molar refractivity (Wildman–Crippen MR) is 79.5 cm³/mol. The minimum Gasteiger partial charge on any atom is -0.295 e. The molecule has 1 heterocycles. The maximum Gasteiger partial charge on any atom is 0.270 e. The van der Waals surface area contributed by atoms with Crippen LogP contribution in [0, 0.1) is 6.92 Å². The summed E-state index contributed by atoms with van der Waals surface area (Å²) in [5.41, 5.74) is 4.32. The number of H-pyrrole nitrogens is 1. The van der Waals surface area contributed by atoms with E-state index in [0.29, 0.717) is 0 Å². The monoisotopic (exact) mass is 258 g/mol. The van der Waals surface area contributed by atoms with E-state index in [1.807, 2.05) is 6.92 Å². The Morgan fingerprint density at radius 3 is 2.42 bits per heavy atom. The fraction of sp³-hybridized carbons (Fsp3) is 0.438. The van der Waals surface area contributed by atoms with Gasteiger partial charge in [0.25, 0.3) is 5.56 Å². The van der Waals surface area contributed by atoms with Crippen LogP contribution < -0.4 is 5.56 Å². The smallest absolute Gasteiger partial charge is 0.270 e. The number of hydrogen-bond donors (Lipinski definition) is 1. The summed E-state index contributed by atoms with van der Waals surface area (Å²) >= 11 is 0. The van der Waals surface area contributed by atoms with E-state index in [4.69, 9.17) is 0 Å². The van der Waals surface area contributed by atoms with Gasteiger partial charge in [0.15, 0.2) is 0 Å². The number of unbranched alkanes of at least 4 members (excludes halogenated alkanes) is 1. The van der Waals surface area contributed by atoms with Crippen LogP contribution in [0.4, 0.5) is 0 Å². The fourth-order valence-corrected chi connectivity index (χ4v) is 2.28. The Kier molecular flexibility index (Phi) is 4.25. The zero-order valence-electron chi connectivity index (χ0n) is 12.0. The highest BCUT2D eigenvalue weighted by Crippen LogP contribution is 2.20. The van der Waals surface area contributed by atoms with Crippen molar-refractivity contribution in [3.63, 3.8) is 0 Å². The van der Waals surface area contributed by atoms with E-state index in [1.54, 1.807) is 4.68 Å². The van der Waals surface area contributed by atoms with Crippen molar-refractivity contribution in [1.29, 1.82) is 0 Å². The highest BCUT2D eigenvalue weighted by molar-refractivity contribution is 5.63. The molecule has 1 aromatic heterocycles. The lowest BCUT2D eigenvalue weighted by molar-refractivity contribution is 0.557. The van der Waals surface area contributed by atoms with Gasteiger partial charge in [-0.05, 0) is 25.3 Å². The standard InChI is InChI=1S/C16H22N2O/c1-4-6-11-18-16(19)14(5-2)15(17-18)13-9-7-12(3)8-10-13/h7-10,17H,4-6,11H2,1-3H3. The predicted octanol–water partition coefficient (Wildman–Crippen LogP) is 3.51. The van der Waals surface area contributed by atoms with Crippen molar-refractivity contribution in [3.05, 3.63) is 45.7 Å². The van der Waals surface area contributed by atoms with Gasteiger partial charge in [0.05, 0.1) is 5.69 Å². The van der Waals surface area contributed by atoms with Crippen molar-refractivity contribution in [2.45, 2.75) is 46.6 Å². The van der Waals surface area contributed by atoms with Gasteiger partial charge in [-0.15, -0.1) is 0 Å². The molecule has 102 valence electrons. The first-order valence-corrected chi connectivity index (χ1v) is 7.06. The van der Waals surface area contributed by atoms with Gasteiger partial charge in [-0.1, -0.05) is 50.1 Å². The molecular formula is C16H22N2O. The highest BCUT2D eigenvalue weighted by atomic mass is 16.1. The normalized spacial score (nSPS) is 10.9. The number of aromatic amines is 1. The molecular weight excluding hydrogens is 236 g/mol. The summed E-state index contributed by atoms with van der Waals surface area (Å²) in [5.74, 6) is 0. The SMILES string of the molecule is CCCCn1[nH]c(-c2ccc(C)cc2)c(CC)c1=O. The van der Waals surface area contributed by atoms with E-state index < -0.39 is 0 Å². The van der Waals surface area contributed by atoms with Gasteiger partial charge in [0.2, 0.25) is 0 Å². The fourth-order valence-electron chi connectivity index (χ4n) is 2.28. The molecule has 1 N–H and O–H groups in total. The average Bonchev–Trinajstić information content (AvgIpc) is 2.73. The van der Waals surface area contributed by atoms with E-state index >= 15 is 0 Å². The van der Waals surface area contributed by atoms with Crippen molar-refractivity contribution in [2.75, 3.05) is 0 Å². The number of aryl methyl sites for hydroxylation is 2. The highest BCUT2D eigenvalue weighted by Gasteiger charge is 2.13. The van der Waals surface area contributed by atoms with E-state index in [1.165, 1.54) is 5.56 Å². The van der Waals surface area contributed by atoms with Crippen molar-refractivity contribution in [3.8, 4) is 11.3 Å². The molecule has 1 aromatic carbocycles. The summed E-state index contributed by atoms with van der Waals surface area (Å²) in [6.07, 6.45) is 2.88. The summed E-state index contributed by atoms with van der Waals surface area (Å²) in [4.78, 5) is 12.3. The molecule has 0 fully saturated rings. The second-order valence-electron chi connectivity index (χ2n) is 5.00. The largest absolute Gasteiger partial charge is 0.295 e. The van der Waals surface area contributed by atoms with Crippen molar-refractivity contribution >= 4 is 0 Å². The summed E-state index contributed by atoms with van der Waals surface area (Å²) in [7, 11) is 0. The molecule has 3 heteroatoms. The molecule has 0 radical (unpaired) electrons. The molecule has 0 atom stereocenters. The van der Waals surface area contributed by atoms with Crippen LogP contribution in [0.2, 0.25) is 0 Å². The van der Waals surface area contributed by atoms with Gasteiger partial charge in [-0.25, -0.2) is 0 Å². The first-order valence-electron chi connectivity index (χ1n) is 7.06. The summed E-state index contributed by atoms with van der Waals surface area (Å²) in [5, 5.41) is 3.28. The second kappa shape index (κ2) is 5.91. The molecule has 0 spiro atoms. The molecule has 2 aromatic rings. The minimum absolute atomic E-state index is 0.131. The summed E-state index contributed by atoms with van der Waals surface area (Å²) < 4.78 is 1.75. The Balaban J connectivity index is 2.44. The van der Waals surface area contributed by atoms with Gasteiger partial charge in [-0.2, -0.15) is 0 Å². The van der Waals surface area contributed by atoms with Crippen molar-refractivity contribution < 1.29 is 0 Å². The lowest BCUT2D eigenvalue weighted by atomic mass is 10.1. The molecule has 0 amide bonds. The van der Waals surface area contributed by atoms with E-state index in [2.05, 4.69) is 43.2 Å². The number of nitrogens with one attached hydrogen (secondary N) is 1. The third kappa shape index (κ3) is 2.80. The van der Waals surface area contributed by atoms with Gasteiger partial charge in [0.1, 0.15) is 0 Å². The number of rotatable bonds is 5. The van der Waals surface area contributed by atoms with Gasteiger partial charge < -0.3 is 0 Å². The summed E-state index contributed by atoms with van der Waals surface area (Å²) in [6.45, 7) is 7.01. The van der Waals surface area contributed by atoms with Crippen LogP contribution in [0.15, 0.2) is 29.1 Å². The van der Waals surface area contributed by atoms with Gasteiger partial charge in [0, 0.05) is 12.1 Å². The molecule has 3 nitrogen and oxygen atoms in total. The number of hydrogen-bond acceptors (Lipinski definition) is 1. The minimum atomic E-state index is 0.131. The van der Waals surface area contributed by atoms with Gasteiger partial charge in [-0.3, -0.25) is 14.6 Å². The summed E-state index contributed by atoms with van der Waals surface area (Å²) in [6, 6.07) is 8.31. The molecule has 0 saturated carbocycles. The molecule has 0 aliphatic rings. The maximum atomic E-state index is 12.3. The second-order valence-corrected chi connectivity index (χ2v) is 5.00. The first-order chi connectivity index (χ1) is 9.17. The van der Waals surface area contributed by atoms with Crippen molar-refractivity contribution in [1.82, 2.24) is 9.78 Å². The van der Waals surface area contributed by atoms with Crippen LogP contribution in [0.25, 0.3) is 11.3 Å². The Labute approximate surface area is 114 Å². The Morgan fingerprint density at radius 2 is 1.84 bits per heavy atom. The lowest BCUT2D eigenvalue weighted by Crippen LogP contribution is -2.18. The van der Waals surface area contributed by atoms with E-state index in [-0.39, 0.29) is 5.56 Å².